The lowest BCUT2D eigenvalue weighted by atomic mass is 10.1. The van der Waals surface area contributed by atoms with Gasteiger partial charge in [-0.25, -0.2) is 4.98 Å². The summed E-state index contributed by atoms with van der Waals surface area (Å²) in [6.07, 6.45) is 0.354. The van der Waals surface area contributed by atoms with Crippen LogP contribution >= 0.6 is 0 Å². The van der Waals surface area contributed by atoms with Gasteiger partial charge in [-0.2, -0.15) is 0 Å². The Morgan fingerprint density at radius 3 is 2.39 bits per heavy atom. The zero-order chi connectivity index (χ0) is 22.0. The number of anilines is 1. The number of nitrogens with zero attached hydrogens (tertiary/aromatic N) is 3. The molecule has 0 aliphatic carbocycles. The SMILES string of the molecule is COc1ccc(CC(=O)N2CCN(c3cc(C)c4cccc(C)c4n3)CC2)cc1OC. The van der Waals surface area contributed by atoms with Gasteiger partial charge in [0.05, 0.1) is 26.2 Å². The summed E-state index contributed by atoms with van der Waals surface area (Å²) < 4.78 is 10.6. The summed E-state index contributed by atoms with van der Waals surface area (Å²) in [4.78, 5) is 22.0. The molecule has 2 heterocycles. The minimum Gasteiger partial charge on any atom is -0.493 e. The molecule has 0 N–H and O–H groups in total. The number of piperazine rings is 1. The molecule has 1 aliphatic rings. The Balaban J connectivity index is 1.42. The number of aromatic nitrogens is 1. The molecule has 1 aromatic heterocycles. The average Bonchev–Trinajstić information content (AvgIpc) is 2.79. The number of carbonyl (C=O) groups is 1. The zero-order valence-corrected chi connectivity index (χ0v) is 18.6. The number of para-hydroxylation sites is 1. The standard InChI is InChI=1S/C25H29N3O3/c1-17-6-5-7-20-18(2)14-23(26-25(17)20)27-10-12-28(13-11-27)24(29)16-19-8-9-21(30-3)22(15-19)31-4/h5-9,14-15H,10-13,16H2,1-4H3. The third-order valence-electron chi connectivity index (χ3n) is 5.99. The summed E-state index contributed by atoms with van der Waals surface area (Å²) in [5.41, 5.74) is 4.40. The molecule has 31 heavy (non-hydrogen) atoms. The Bertz CT molecular complexity index is 1100. The van der Waals surface area contributed by atoms with Crippen LogP contribution in [0, 0.1) is 13.8 Å². The van der Waals surface area contributed by atoms with E-state index in [0.717, 1.165) is 30.0 Å². The lowest BCUT2D eigenvalue weighted by Gasteiger charge is -2.35. The minimum atomic E-state index is 0.130. The number of benzene rings is 2. The fraction of sp³-hybridized carbons (Fsp3) is 0.360. The molecule has 0 saturated carbocycles. The summed E-state index contributed by atoms with van der Waals surface area (Å²) in [6, 6.07) is 14.1. The van der Waals surface area contributed by atoms with Gasteiger partial charge in [0.25, 0.3) is 0 Å². The molecule has 6 nitrogen and oxygen atoms in total. The molecule has 1 aliphatic heterocycles. The van der Waals surface area contributed by atoms with E-state index >= 15 is 0 Å². The summed E-state index contributed by atoms with van der Waals surface area (Å²) in [6.45, 7) is 7.18. The number of pyridine rings is 1. The second-order valence-electron chi connectivity index (χ2n) is 8.00. The summed E-state index contributed by atoms with van der Waals surface area (Å²) in [5, 5.41) is 1.20. The monoisotopic (exact) mass is 419 g/mol. The van der Waals surface area contributed by atoms with E-state index in [1.54, 1.807) is 14.2 Å². The first-order valence-electron chi connectivity index (χ1n) is 10.6. The number of fused-ring (bicyclic) bond motifs is 1. The molecule has 0 unspecified atom stereocenters. The second kappa shape index (κ2) is 8.84. The Morgan fingerprint density at radius 2 is 1.68 bits per heavy atom. The van der Waals surface area contributed by atoms with Crippen LogP contribution in [0.25, 0.3) is 10.9 Å². The van der Waals surface area contributed by atoms with Gasteiger partial charge in [-0.05, 0) is 48.7 Å². The van der Waals surface area contributed by atoms with Crippen molar-refractivity contribution in [2.24, 2.45) is 0 Å². The number of hydrogen-bond acceptors (Lipinski definition) is 5. The first kappa shape index (κ1) is 21.0. The Hall–Kier alpha value is -3.28. The molecule has 4 rings (SSSR count). The van der Waals surface area contributed by atoms with Crippen LogP contribution in [-0.2, 0) is 11.2 Å². The normalized spacial score (nSPS) is 14.1. The van der Waals surface area contributed by atoms with Crippen molar-refractivity contribution in [2.75, 3.05) is 45.3 Å². The second-order valence-corrected chi connectivity index (χ2v) is 8.00. The first-order valence-corrected chi connectivity index (χ1v) is 10.6. The molecule has 1 amide bonds. The Morgan fingerprint density at radius 1 is 0.935 bits per heavy atom. The van der Waals surface area contributed by atoms with Gasteiger partial charge in [-0.1, -0.05) is 24.3 Å². The van der Waals surface area contributed by atoms with Crippen molar-refractivity contribution in [1.29, 1.82) is 0 Å². The molecule has 6 heteroatoms. The number of ether oxygens (including phenoxy) is 2. The highest BCUT2D eigenvalue weighted by molar-refractivity contribution is 5.86. The molecule has 0 bridgehead atoms. The van der Waals surface area contributed by atoms with Gasteiger partial charge in [-0.3, -0.25) is 4.79 Å². The van der Waals surface area contributed by atoms with Crippen molar-refractivity contribution in [2.45, 2.75) is 20.3 Å². The number of rotatable bonds is 5. The lowest BCUT2D eigenvalue weighted by Crippen LogP contribution is -2.49. The maximum absolute atomic E-state index is 12.9. The van der Waals surface area contributed by atoms with E-state index in [4.69, 9.17) is 14.5 Å². The van der Waals surface area contributed by atoms with Crippen LogP contribution in [0.5, 0.6) is 11.5 Å². The number of methoxy groups -OCH3 is 2. The summed E-state index contributed by atoms with van der Waals surface area (Å²) >= 11 is 0. The molecule has 2 aromatic carbocycles. The molecule has 1 fully saturated rings. The summed E-state index contributed by atoms with van der Waals surface area (Å²) in [7, 11) is 3.21. The first-order chi connectivity index (χ1) is 15.0. The Kier molecular flexibility index (Phi) is 5.98. The molecular formula is C25H29N3O3. The van der Waals surface area contributed by atoms with Gasteiger partial charge in [0.15, 0.2) is 11.5 Å². The van der Waals surface area contributed by atoms with E-state index < -0.39 is 0 Å². The number of amides is 1. The maximum atomic E-state index is 12.9. The third kappa shape index (κ3) is 4.29. The van der Waals surface area contributed by atoms with Crippen molar-refractivity contribution in [1.82, 2.24) is 9.88 Å². The topological polar surface area (TPSA) is 54.9 Å². The van der Waals surface area contributed by atoms with Gasteiger partial charge < -0.3 is 19.3 Å². The van der Waals surface area contributed by atoms with Gasteiger partial charge >= 0.3 is 0 Å². The Labute approximate surface area is 183 Å². The van der Waals surface area contributed by atoms with E-state index in [1.807, 2.05) is 23.1 Å². The quantitative estimate of drug-likeness (QED) is 0.630. The molecule has 1 saturated heterocycles. The largest absolute Gasteiger partial charge is 0.493 e. The van der Waals surface area contributed by atoms with Crippen LogP contribution in [0.4, 0.5) is 5.82 Å². The van der Waals surface area contributed by atoms with Crippen LogP contribution in [0.3, 0.4) is 0 Å². The smallest absolute Gasteiger partial charge is 0.227 e. The van der Waals surface area contributed by atoms with Crippen molar-refractivity contribution < 1.29 is 14.3 Å². The molecule has 0 spiro atoms. The zero-order valence-electron chi connectivity index (χ0n) is 18.6. The highest BCUT2D eigenvalue weighted by Gasteiger charge is 2.23. The molecule has 0 atom stereocenters. The maximum Gasteiger partial charge on any atom is 0.227 e. The van der Waals surface area contributed by atoms with Crippen molar-refractivity contribution in [3.63, 3.8) is 0 Å². The van der Waals surface area contributed by atoms with Crippen molar-refractivity contribution in [3.8, 4) is 11.5 Å². The van der Waals surface area contributed by atoms with E-state index in [2.05, 4.69) is 43.0 Å². The average molecular weight is 420 g/mol. The van der Waals surface area contributed by atoms with Gasteiger partial charge in [0.2, 0.25) is 5.91 Å². The minimum absolute atomic E-state index is 0.130. The number of carbonyl (C=O) groups excluding carboxylic acids is 1. The predicted octanol–water partition coefficient (Wildman–Crippen LogP) is 3.76. The molecule has 3 aromatic rings. The third-order valence-corrected chi connectivity index (χ3v) is 5.99. The lowest BCUT2D eigenvalue weighted by molar-refractivity contribution is -0.130. The van der Waals surface area contributed by atoms with Crippen molar-refractivity contribution in [3.05, 3.63) is 59.2 Å². The van der Waals surface area contributed by atoms with Crippen molar-refractivity contribution >= 4 is 22.6 Å². The summed E-state index contributed by atoms with van der Waals surface area (Å²) in [5.74, 6) is 2.43. The molecule has 162 valence electrons. The van der Waals surface area contributed by atoms with Crippen LogP contribution < -0.4 is 14.4 Å². The number of aryl methyl sites for hydroxylation is 2. The predicted molar refractivity (Wildman–Crippen MR) is 123 cm³/mol. The fourth-order valence-electron chi connectivity index (χ4n) is 4.17. The van der Waals surface area contributed by atoms with Crippen LogP contribution in [0.1, 0.15) is 16.7 Å². The van der Waals surface area contributed by atoms with E-state index in [0.29, 0.717) is 31.0 Å². The molecule has 0 radical (unpaired) electrons. The highest BCUT2D eigenvalue weighted by Crippen LogP contribution is 2.28. The molecular weight excluding hydrogens is 390 g/mol. The van der Waals surface area contributed by atoms with Gasteiger partial charge in [0, 0.05) is 31.6 Å². The van der Waals surface area contributed by atoms with Crippen LogP contribution in [0.2, 0.25) is 0 Å². The highest BCUT2D eigenvalue weighted by atomic mass is 16.5. The van der Waals surface area contributed by atoms with Gasteiger partial charge in [0.1, 0.15) is 5.82 Å². The van der Waals surface area contributed by atoms with E-state index in [1.165, 1.54) is 16.5 Å². The van der Waals surface area contributed by atoms with Gasteiger partial charge in [-0.15, -0.1) is 0 Å². The van der Waals surface area contributed by atoms with E-state index in [-0.39, 0.29) is 5.91 Å². The van der Waals surface area contributed by atoms with E-state index in [9.17, 15) is 4.79 Å². The number of hydrogen-bond donors (Lipinski definition) is 0. The fourth-order valence-corrected chi connectivity index (χ4v) is 4.17. The van der Waals surface area contributed by atoms with Crippen LogP contribution in [0.15, 0.2) is 42.5 Å². The van der Waals surface area contributed by atoms with Crippen LogP contribution in [-0.4, -0.2) is 56.2 Å².